The summed E-state index contributed by atoms with van der Waals surface area (Å²) in [6.07, 6.45) is 10.7. The van der Waals surface area contributed by atoms with Crippen molar-refractivity contribution in [1.29, 1.82) is 0 Å². The Kier molecular flexibility index (Phi) is 3.64. The second-order valence-electron chi connectivity index (χ2n) is 10.0. The maximum atomic E-state index is 11.9. The molecule has 3 fully saturated rings. The van der Waals surface area contributed by atoms with E-state index in [-0.39, 0.29) is 10.8 Å². The Morgan fingerprint density at radius 1 is 1.04 bits per heavy atom. The van der Waals surface area contributed by atoms with Crippen molar-refractivity contribution in [2.75, 3.05) is 0 Å². The van der Waals surface area contributed by atoms with Gasteiger partial charge in [-0.25, -0.2) is 0 Å². The molecular formula is C22H34O2. The maximum Gasteiger partial charge on any atom is 0.155 e. The molecule has 2 heteroatoms. The Morgan fingerprint density at radius 2 is 1.75 bits per heavy atom. The van der Waals surface area contributed by atoms with Crippen LogP contribution >= 0.6 is 0 Å². The van der Waals surface area contributed by atoms with Crippen LogP contribution in [0.15, 0.2) is 11.6 Å². The molecule has 0 aromatic rings. The van der Waals surface area contributed by atoms with Crippen LogP contribution < -0.4 is 0 Å². The third kappa shape index (κ3) is 1.95. The zero-order valence-corrected chi connectivity index (χ0v) is 15.9. The van der Waals surface area contributed by atoms with E-state index >= 15 is 0 Å². The molecule has 0 amide bonds. The normalized spacial score (nSPS) is 51.0. The zero-order valence-electron chi connectivity index (χ0n) is 15.9. The quantitative estimate of drug-likeness (QED) is 0.742. The minimum absolute atomic E-state index is 0.0877. The summed E-state index contributed by atoms with van der Waals surface area (Å²) < 4.78 is 0. The average molecular weight is 331 g/mol. The standard InChI is InChI=1S/C22H34O2/c1-14(2)22(24)12-9-19-17-6-5-15-13-16(23)7-10-20(15,3)18(17)8-11-21(19,22)4/h13-14,17-19,24H,5-12H2,1-4H3/t17-,18?,19?,20-,21-,22?/m0/s1. The van der Waals surface area contributed by atoms with E-state index in [1.54, 1.807) is 0 Å². The third-order valence-corrected chi connectivity index (χ3v) is 9.13. The Bertz CT molecular complexity index is 591. The lowest BCUT2D eigenvalue weighted by Crippen LogP contribution is -2.56. The Balaban J connectivity index is 1.69. The highest BCUT2D eigenvalue weighted by Gasteiger charge is 2.64. The molecule has 1 N–H and O–H groups in total. The molecule has 0 aliphatic heterocycles. The molecule has 134 valence electrons. The van der Waals surface area contributed by atoms with Crippen molar-refractivity contribution in [3.05, 3.63) is 11.6 Å². The van der Waals surface area contributed by atoms with Gasteiger partial charge in [0.2, 0.25) is 0 Å². The Labute approximate surface area is 147 Å². The van der Waals surface area contributed by atoms with Gasteiger partial charge in [-0.15, -0.1) is 0 Å². The van der Waals surface area contributed by atoms with Gasteiger partial charge in [-0.2, -0.15) is 0 Å². The van der Waals surface area contributed by atoms with Crippen LogP contribution in [0.1, 0.15) is 79.1 Å². The molecule has 0 bridgehead atoms. The number of carbonyl (C=O) groups excluding carboxylic acids is 1. The SMILES string of the molecule is CC(C)C1(O)CCC2[C@H]3CCC4=CC(=O)CC[C@]4(C)C3CC[C@@]21C. The van der Waals surface area contributed by atoms with Gasteiger partial charge in [-0.1, -0.05) is 33.3 Å². The first-order valence-electron chi connectivity index (χ1n) is 10.2. The Hall–Kier alpha value is -0.630. The van der Waals surface area contributed by atoms with Gasteiger partial charge in [-0.05, 0) is 85.5 Å². The number of carbonyl (C=O) groups is 1. The van der Waals surface area contributed by atoms with Crippen LogP contribution in [0.25, 0.3) is 0 Å². The summed E-state index contributed by atoms with van der Waals surface area (Å²) in [5.74, 6) is 2.81. The number of fused-ring (bicyclic) bond motifs is 5. The number of rotatable bonds is 1. The van der Waals surface area contributed by atoms with Gasteiger partial charge in [0.1, 0.15) is 0 Å². The lowest BCUT2D eigenvalue weighted by molar-refractivity contribution is -0.148. The van der Waals surface area contributed by atoms with E-state index in [0.29, 0.717) is 17.6 Å². The molecule has 3 unspecified atom stereocenters. The summed E-state index contributed by atoms with van der Waals surface area (Å²) in [6, 6.07) is 0. The minimum atomic E-state index is -0.484. The van der Waals surface area contributed by atoms with Crippen LogP contribution in [0.5, 0.6) is 0 Å². The summed E-state index contributed by atoms with van der Waals surface area (Å²) in [6.45, 7) is 9.23. The summed E-state index contributed by atoms with van der Waals surface area (Å²) in [7, 11) is 0. The second-order valence-corrected chi connectivity index (χ2v) is 10.0. The summed E-state index contributed by atoms with van der Waals surface area (Å²) in [5, 5.41) is 11.5. The minimum Gasteiger partial charge on any atom is -0.389 e. The molecule has 2 nitrogen and oxygen atoms in total. The van der Waals surface area contributed by atoms with E-state index < -0.39 is 5.60 Å². The molecular weight excluding hydrogens is 296 g/mol. The van der Waals surface area contributed by atoms with Crippen LogP contribution in [0.2, 0.25) is 0 Å². The molecule has 4 rings (SSSR count). The largest absolute Gasteiger partial charge is 0.389 e. The fraction of sp³-hybridized carbons (Fsp3) is 0.864. The molecule has 0 spiro atoms. The van der Waals surface area contributed by atoms with Gasteiger partial charge >= 0.3 is 0 Å². The van der Waals surface area contributed by atoms with E-state index in [0.717, 1.165) is 43.9 Å². The summed E-state index contributed by atoms with van der Waals surface area (Å²) >= 11 is 0. The van der Waals surface area contributed by atoms with Crippen LogP contribution in [0.4, 0.5) is 0 Å². The van der Waals surface area contributed by atoms with Gasteiger partial charge in [0.25, 0.3) is 0 Å². The lowest BCUT2D eigenvalue weighted by Gasteiger charge is -2.59. The smallest absolute Gasteiger partial charge is 0.155 e. The number of hydrogen-bond donors (Lipinski definition) is 1. The van der Waals surface area contributed by atoms with Crippen molar-refractivity contribution in [3.8, 4) is 0 Å². The van der Waals surface area contributed by atoms with Gasteiger partial charge < -0.3 is 5.11 Å². The fourth-order valence-electron chi connectivity index (χ4n) is 7.56. The number of ketones is 1. The molecule has 0 saturated heterocycles. The summed E-state index contributed by atoms with van der Waals surface area (Å²) in [5.41, 5.74) is 1.30. The van der Waals surface area contributed by atoms with Crippen LogP contribution in [0, 0.1) is 34.5 Å². The molecule has 0 aromatic carbocycles. The lowest BCUT2D eigenvalue weighted by atomic mass is 9.46. The second kappa shape index (κ2) is 5.19. The molecule has 0 aromatic heterocycles. The van der Waals surface area contributed by atoms with Gasteiger partial charge in [-0.3, -0.25) is 4.79 Å². The monoisotopic (exact) mass is 330 g/mol. The highest BCUT2D eigenvalue weighted by atomic mass is 16.3. The molecule has 0 heterocycles. The van der Waals surface area contributed by atoms with Crippen LogP contribution in [-0.4, -0.2) is 16.5 Å². The third-order valence-electron chi connectivity index (χ3n) is 9.13. The average Bonchev–Trinajstić information content (AvgIpc) is 2.81. The van der Waals surface area contributed by atoms with E-state index in [2.05, 4.69) is 27.7 Å². The molecule has 4 aliphatic rings. The Morgan fingerprint density at radius 3 is 2.46 bits per heavy atom. The number of aliphatic hydroxyl groups is 1. The van der Waals surface area contributed by atoms with E-state index in [1.165, 1.54) is 24.8 Å². The van der Waals surface area contributed by atoms with Crippen molar-refractivity contribution in [2.24, 2.45) is 34.5 Å². The summed E-state index contributed by atoms with van der Waals surface area (Å²) in [4.78, 5) is 11.9. The van der Waals surface area contributed by atoms with Gasteiger partial charge in [0, 0.05) is 6.42 Å². The molecule has 3 saturated carbocycles. The van der Waals surface area contributed by atoms with E-state index in [4.69, 9.17) is 0 Å². The van der Waals surface area contributed by atoms with Crippen LogP contribution in [-0.2, 0) is 4.79 Å². The number of allylic oxidation sites excluding steroid dienone is 1. The van der Waals surface area contributed by atoms with Crippen molar-refractivity contribution >= 4 is 5.78 Å². The molecule has 0 radical (unpaired) electrons. The van der Waals surface area contributed by atoms with Crippen molar-refractivity contribution in [1.82, 2.24) is 0 Å². The first-order valence-corrected chi connectivity index (χ1v) is 10.2. The predicted octanol–water partition coefficient (Wildman–Crippen LogP) is 4.91. The highest BCUT2D eigenvalue weighted by molar-refractivity contribution is 5.91. The van der Waals surface area contributed by atoms with Crippen molar-refractivity contribution in [3.63, 3.8) is 0 Å². The molecule has 4 aliphatic carbocycles. The van der Waals surface area contributed by atoms with E-state index in [9.17, 15) is 9.90 Å². The van der Waals surface area contributed by atoms with Crippen LogP contribution in [0.3, 0.4) is 0 Å². The van der Waals surface area contributed by atoms with Crippen molar-refractivity contribution < 1.29 is 9.90 Å². The maximum absolute atomic E-state index is 11.9. The van der Waals surface area contributed by atoms with Crippen molar-refractivity contribution in [2.45, 2.75) is 84.7 Å². The topological polar surface area (TPSA) is 37.3 Å². The zero-order chi connectivity index (χ0) is 17.3. The molecule has 6 atom stereocenters. The predicted molar refractivity (Wildman–Crippen MR) is 96.5 cm³/mol. The fourth-order valence-corrected chi connectivity index (χ4v) is 7.56. The highest BCUT2D eigenvalue weighted by Crippen LogP contribution is 2.68. The molecule has 24 heavy (non-hydrogen) atoms. The first kappa shape index (κ1) is 16.8. The van der Waals surface area contributed by atoms with Gasteiger partial charge in [0.15, 0.2) is 5.78 Å². The van der Waals surface area contributed by atoms with E-state index in [1.807, 2.05) is 6.08 Å². The first-order chi connectivity index (χ1) is 11.2. The van der Waals surface area contributed by atoms with Gasteiger partial charge in [0.05, 0.1) is 5.60 Å². The number of hydrogen-bond acceptors (Lipinski definition) is 2.